The second-order valence-electron chi connectivity index (χ2n) is 8.43. The molecule has 1 aliphatic rings. The van der Waals surface area contributed by atoms with Gasteiger partial charge in [-0.25, -0.2) is 13.4 Å². The molecule has 1 fully saturated rings. The molecule has 9 heteroatoms. The van der Waals surface area contributed by atoms with Crippen LogP contribution in [0, 0.1) is 0 Å². The van der Waals surface area contributed by atoms with Crippen LogP contribution in [0.2, 0.25) is 0 Å². The summed E-state index contributed by atoms with van der Waals surface area (Å²) in [7, 11) is -2.95. The molecule has 0 aromatic heterocycles. The van der Waals surface area contributed by atoms with Crippen LogP contribution in [-0.4, -0.2) is 69.2 Å². The van der Waals surface area contributed by atoms with Gasteiger partial charge in [-0.05, 0) is 45.2 Å². The van der Waals surface area contributed by atoms with Crippen LogP contribution in [0.5, 0.6) is 0 Å². The predicted molar refractivity (Wildman–Crippen MR) is 139 cm³/mol. The molecule has 1 aromatic carbocycles. The molecular formula is C22H39IN4O3S. The lowest BCUT2D eigenvalue weighted by molar-refractivity contribution is -0.0704. The van der Waals surface area contributed by atoms with Crippen LogP contribution in [0.1, 0.15) is 45.2 Å². The maximum atomic E-state index is 11.4. The minimum Gasteiger partial charge on any atom is -0.373 e. The molecule has 0 amide bonds. The molecule has 0 aliphatic carbocycles. The number of sulfone groups is 1. The van der Waals surface area contributed by atoms with Gasteiger partial charge in [0.25, 0.3) is 0 Å². The van der Waals surface area contributed by atoms with E-state index in [4.69, 9.17) is 4.74 Å². The van der Waals surface area contributed by atoms with Gasteiger partial charge >= 0.3 is 0 Å². The zero-order valence-corrected chi connectivity index (χ0v) is 22.6. The van der Waals surface area contributed by atoms with Crippen molar-refractivity contribution < 1.29 is 13.2 Å². The molecule has 178 valence electrons. The first-order valence-corrected chi connectivity index (χ1v) is 12.9. The number of rotatable bonds is 9. The quantitative estimate of drug-likeness (QED) is 0.272. The summed E-state index contributed by atoms with van der Waals surface area (Å²) in [6.07, 6.45) is 2.37. The van der Waals surface area contributed by atoms with E-state index >= 15 is 0 Å². The van der Waals surface area contributed by atoms with Crippen molar-refractivity contribution in [3.8, 4) is 0 Å². The van der Waals surface area contributed by atoms with Crippen molar-refractivity contribution >= 4 is 39.8 Å². The molecule has 2 rings (SSSR count). The zero-order chi connectivity index (χ0) is 22.1. The number of nitrogens with one attached hydrogen (secondary N) is 2. The van der Waals surface area contributed by atoms with Crippen molar-refractivity contribution in [3.63, 3.8) is 0 Å². The second-order valence-corrected chi connectivity index (χ2v) is 10.7. The number of hydrogen-bond donors (Lipinski definition) is 2. The summed E-state index contributed by atoms with van der Waals surface area (Å²) in [4.78, 5) is 7.09. The molecule has 0 bridgehead atoms. The summed E-state index contributed by atoms with van der Waals surface area (Å²) >= 11 is 0. The Morgan fingerprint density at radius 3 is 2.32 bits per heavy atom. The number of halogens is 1. The average molecular weight is 567 g/mol. The van der Waals surface area contributed by atoms with Gasteiger partial charge in [0, 0.05) is 38.5 Å². The number of nitrogens with zero attached hydrogens (tertiary/aromatic N) is 2. The lowest BCUT2D eigenvalue weighted by atomic mass is 10.1. The van der Waals surface area contributed by atoms with Crippen molar-refractivity contribution in [2.75, 3.05) is 31.6 Å². The van der Waals surface area contributed by atoms with Gasteiger partial charge in [-0.1, -0.05) is 24.3 Å². The summed E-state index contributed by atoms with van der Waals surface area (Å²) in [5.41, 5.74) is 2.44. The van der Waals surface area contributed by atoms with Crippen molar-refractivity contribution in [2.45, 2.75) is 65.5 Å². The molecular weight excluding hydrogens is 527 g/mol. The second kappa shape index (κ2) is 13.6. The van der Waals surface area contributed by atoms with E-state index in [1.807, 2.05) is 13.8 Å². The Kier molecular flexibility index (Phi) is 12.3. The maximum absolute atomic E-state index is 11.4. The van der Waals surface area contributed by atoms with Crippen LogP contribution >= 0.6 is 24.0 Å². The van der Waals surface area contributed by atoms with Gasteiger partial charge in [-0.2, -0.15) is 0 Å². The van der Waals surface area contributed by atoms with Crippen molar-refractivity contribution in [1.29, 1.82) is 0 Å². The number of ether oxygens (including phenoxy) is 1. The van der Waals surface area contributed by atoms with Gasteiger partial charge in [0.15, 0.2) is 5.96 Å². The topological polar surface area (TPSA) is 83.0 Å². The number of hydrogen-bond acceptors (Lipinski definition) is 5. The minimum atomic E-state index is -2.95. The lowest BCUT2D eigenvalue weighted by Gasteiger charge is -2.35. The van der Waals surface area contributed by atoms with Gasteiger partial charge in [0.1, 0.15) is 9.84 Å². The molecule has 31 heavy (non-hydrogen) atoms. The summed E-state index contributed by atoms with van der Waals surface area (Å²) in [6, 6.07) is 8.62. The molecule has 0 radical (unpaired) electrons. The molecule has 3 unspecified atom stereocenters. The third-order valence-electron chi connectivity index (χ3n) is 4.99. The number of aliphatic imine (C=N–C) groups is 1. The van der Waals surface area contributed by atoms with E-state index in [2.05, 4.69) is 58.6 Å². The maximum Gasteiger partial charge on any atom is 0.191 e. The normalized spacial score (nSPS) is 21.3. The smallest absolute Gasteiger partial charge is 0.191 e. The highest BCUT2D eigenvalue weighted by Crippen LogP contribution is 2.15. The van der Waals surface area contributed by atoms with Gasteiger partial charge < -0.3 is 15.4 Å². The average Bonchev–Trinajstić information content (AvgIpc) is 2.64. The fraction of sp³-hybridized carbons (Fsp3) is 0.682. The van der Waals surface area contributed by atoms with Crippen LogP contribution in [-0.2, 0) is 27.7 Å². The molecule has 1 saturated heterocycles. The molecule has 0 saturated carbocycles. The van der Waals surface area contributed by atoms with Crippen molar-refractivity contribution in [1.82, 2.24) is 15.5 Å². The summed E-state index contributed by atoms with van der Waals surface area (Å²) in [6.45, 7) is 12.4. The summed E-state index contributed by atoms with van der Waals surface area (Å²) in [5, 5.41) is 6.52. The van der Waals surface area contributed by atoms with E-state index in [0.29, 0.717) is 18.9 Å². The molecule has 1 heterocycles. The zero-order valence-electron chi connectivity index (χ0n) is 19.4. The van der Waals surface area contributed by atoms with E-state index in [0.717, 1.165) is 31.7 Å². The monoisotopic (exact) mass is 566 g/mol. The Hall–Kier alpha value is -0.910. The molecule has 3 atom stereocenters. The summed E-state index contributed by atoms with van der Waals surface area (Å²) in [5.74, 6) is 0.877. The fourth-order valence-corrected chi connectivity index (χ4v) is 4.39. The Morgan fingerprint density at radius 2 is 1.77 bits per heavy atom. The third kappa shape index (κ3) is 11.5. The Balaban J connectivity index is 0.00000480. The lowest BCUT2D eigenvalue weighted by Crippen LogP contribution is -2.44. The van der Waals surface area contributed by atoms with Gasteiger partial charge in [-0.15, -0.1) is 24.0 Å². The first kappa shape index (κ1) is 28.1. The standard InChI is InChI=1S/C22H38N4O3S.HI/c1-6-23-22(25-17(2)11-12-30(5,27)28)24-13-20-7-9-21(10-8-20)16-26-14-18(3)29-19(4)15-26;/h7-10,17-19H,6,11-16H2,1-5H3,(H2,23,24,25);1H. The number of morpholine rings is 1. The highest BCUT2D eigenvalue weighted by Gasteiger charge is 2.21. The Bertz CT molecular complexity index is 776. The number of benzene rings is 1. The van der Waals surface area contributed by atoms with E-state index < -0.39 is 9.84 Å². The first-order chi connectivity index (χ1) is 14.1. The van der Waals surface area contributed by atoms with Crippen LogP contribution in [0.25, 0.3) is 0 Å². The van der Waals surface area contributed by atoms with Crippen LogP contribution in [0.4, 0.5) is 0 Å². The van der Waals surface area contributed by atoms with E-state index in [-0.39, 0.29) is 48.0 Å². The van der Waals surface area contributed by atoms with Crippen LogP contribution in [0.15, 0.2) is 29.3 Å². The fourth-order valence-electron chi connectivity index (χ4n) is 3.61. The van der Waals surface area contributed by atoms with Crippen LogP contribution in [0.3, 0.4) is 0 Å². The highest BCUT2D eigenvalue weighted by atomic mass is 127. The van der Waals surface area contributed by atoms with Crippen molar-refractivity contribution in [3.05, 3.63) is 35.4 Å². The van der Waals surface area contributed by atoms with Gasteiger partial charge in [-0.3, -0.25) is 4.90 Å². The van der Waals surface area contributed by atoms with Crippen LogP contribution < -0.4 is 10.6 Å². The molecule has 1 aromatic rings. The van der Waals surface area contributed by atoms with Gasteiger partial charge in [0.2, 0.25) is 0 Å². The minimum absolute atomic E-state index is 0. The first-order valence-electron chi connectivity index (χ1n) is 10.8. The molecule has 7 nitrogen and oxygen atoms in total. The largest absolute Gasteiger partial charge is 0.373 e. The summed E-state index contributed by atoms with van der Waals surface area (Å²) < 4.78 is 28.5. The Labute approximate surface area is 205 Å². The SMILES string of the molecule is CCNC(=NCc1ccc(CN2CC(C)OC(C)C2)cc1)NC(C)CCS(C)(=O)=O.I. The van der Waals surface area contributed by atoms with E-state index in [9.17, 15) is 8.42 Å². The molecule has 0 spiro atoms. The van der Waals surface area contributed by atoms with E-state index in [1.165, 1.54) is 11.8 Å². The third-order valence-corrected chi connectivity index (χ3v) is 5.97. The van der Waals surface area contributed by atoms with Gasteiger partial charge in [0.05, 0.1) is 24.5 Å². The predicted octanol–water partition coefficient (Wildman–Crippen LogP) is 2.79. The molecule has 1 aliphatic heterocycles. The van der Waals surface area contributed by atoms with E-state index in [1.54, 1.807) is 0 Å². The van der Waals surface area contributed by atoms with Crippen molar-refractivity contribution in [2.24, 2.45) is 4.99 Å². The number of guanidine groups is 1. The highest BCUT2D eigenvalue weighted by molar-refractivity contribution is 14.0. The molecule has 2 N–H and O–H groups in total. The Morgan fingerprint density at radius 1 is 1.19 bits per heavy atom.